The molecule has 0 radical (unpaired) electrons. The van der Waals surface area contributed by atoms with Gasteiger partial charge >= 0.3 is 5.97 Å². The van der Waals surface area contributed by atoms with E-state index in [-0.39, 0.29) is 11.9 Å². The molecule has 0 aliphatic rings. The molecule has 1 N–H and O–H groups in total. The van der Waals surface area contributed by atoms with Crippen molar-refractivity contribution in [1.29, 1.82) is 0 Å². The van der Waals surface area contributed by atoms with Gasteiger partial charge in [-0.3, -0.25) is 9.20 Å². The molecule has 7 heteroatoms. The van der Waals surface area contributed by atoms with E-state index in [1.165, 1.54) is 0 Å². The second-order valence-electron chi connectivity index (χ2n) is 5.37. The van der Waals surface area contributed by atoms with Crippen LogP contribution >= 0.6 is 15.9 Å². The van der Waals surface area contributed by atoms with Crippen molar-refractivity contribution in [3.05, 3.63) is 64.0 Å². The number of nitrogens with one attached hydrogen (secondary N) is 1. The smallest absolute Gasteiger partial charge is 0.338 e. The Morgan fingerprint density at radius 3 is 2.60 bits per heavy atom. The van der Waals surface area contributed by atoms with Crippen molar-refractivity contribution in [1.82, 2.24) is 9.38 Å². The number of carbonyl (C=O) groups is 2. The minimum absolute atomic E-state index is 0.271. The fourth-order valence-electron chi connectivity index (χ4n) is 2.50. The van der Waals surface area contributed by atoms with Gasteiger partial charge in [0.15, 0.2) is 0 Å². The monoisotopic (exact) mass is 401 g/mol. The maximum Gasteiger partial charge on any atom is 0.338 e. The summed E-state index contributed by atoms with van der Waals surface area (Å²) in [6, 6.07) is 10.3. The van der Waals surface area contributed by atoms with E-state index in [1.807, 2.05) is 12.1 Å². The number of benzene rings is 1. The number of nitrogens with zero attached hydrogens (tertiary/aromatic N) is 2. The van der Waals surface area contributed by atoms with E-state index in [4.69, 9.17) is 4.74 Å². The van der Waals surface area contributed by atoms with Crippen LogP contribution in [0.1, 0.15) is 33.5 Å². The molecule has 0 fully saturated rings. The van der Waals surface area contributed by atoms with E-state index < -0.39 is 0 Å². The number of aromatic nitrogens is 2. The zero-order valence-corrected chi connectivity index (χ0v) is 15.3. The third-order valence-corrected chi connectivity index (χ3v) is 4.09. The quantitative estimate of drug-likeness (QED) is 0.674. The van der Waals surface area contributed by atoms with Gasteiger partial charge in [-0.05, 0) is 66.2 Å². The summed E-state index contributed by atoms with van der Waals surface area (Å²) in [6.45, 7) is 3.86. The lowest BCUT2D eigenvalue weighted by atomic mass is 10.2. The molecule has 2 heterocycles. The number of carbonyl (C=O) groups excluding carboxylic acids is 2. The molecule has 3 rings (SSSR count). The van der Waals surface area contributed by atoms with Crippen molar-refractivity contribution in [2.24, 2.45) is 0 Å². The highest BCUT2D eigenvalue weighted by Crippen LogP contribution is 2.18. The first-order chi connectivity index (χ1) is 12.0. The number of anilines is 1. The van der Waals surface area contributed by atoms with E-state index in [2.05, 4.69) is 26.2 Å². The van der Waals surface area contributed by atoms with Crippen LogP contribution in [-0.2, 0) is 4.74 Å². The Kier molecular flexibility index (Phi) is 4.85. The van der Waals surface area contributed by atoms with Gasteiger partial charge in [0, 0.05) is 16.4 Å². The van der Waals surface area contributed by atoms with Gasteiger partial charge in [0.2, 0.25) is 0 Å². The summed E-state index contributed by atoms with van der Waals surface area (Å²) >= 11 is 3.40. The SMILES string of the molecule is CCOC(=O)c1ccc(NC(=O)c2c(C)nc3ccc(Br)cn23)cc1. The molecule has 1 aromatic carbocycles. The molecule has 0 saturated heterocycles. The number of hydrogen-bond donors (Lipinski definition) is 1. The predicted molar refractivity (Wildman–Crippen MR) is 98.0 cm³/mol. The van der Waals surface area contributed by atoms with Crippen LogP contribution in [0.3, 0.4) is 0 Å². The highest BCUT2D eigenvalue weighted by Gasteiger charge is 2.17. The van der Waals surface area contributed by atoms with Crippen molar-refractivity contribution in [3.63, 3.8) is 0 Å². The number of fused-ring (bicyclic) bond motifs is 1. The van der Waals surface area contributed by atoms with Crippen LogP contribution in [0.5, 0.6) is 0 Å². The molecule has 6 nitrogen and oxygen atoms in total. The van der Waals surface area contributed by atoms with Gasteiger partial charge in [0.1, 0.15) is 11.3 Å². The fraction of sp³-hybridized carbons (Fsp3) is 0.167. The molecule has 25 heavy (non-hydrogen) atoms. The van der Waals surface area contributed by atoms with Crippen LogP contribution in [-0.4, -0.2) is 27.9 Å². The molecular weight excluding hydrogens is 386 g/mol. The molecule has 3 aromatic rings. The zero-order valence-electron chi connectivity index (χ0n) is 13.7. The van der Waals surface area contributed by atoms with Crippen molar-refractivity contribution in [3.8, 4) is 0 Å². The molecule has 0 saturated carbocycles. The van der Waals surface area contributed by atoms with Crippen LogP contribution in [0.2, 0.25) is 0 Å². The Bertz CT molecular complexity index is 948. The van der Waals surface area contributed by atoms with Crippen LogP contribution < -0.4 is 5.32 Å². The van der Waals surface area contributed by atoms with Gasteiger partial charge in [0.25, 0.3) is 5.91 Å². The second kappa shape index (κ2) is 7.06. The summed E-state index contributed by atoms with van der Waals surface area (Å²) in [5, 5.41) is 2.83. The summed E-state index contributed by atoms with van der Waals surface area (Å²) in [7, 11) is 0. The van der Waals surface area contributed by atoms with Crippen LogP contribution in [0, 0.1) is 6.92 Å². The Morgan fingerprint density at radius 1 is 1.20 bits per heavy atom. The maximum absolute atomic E-state index is 12.7. The molecule has 2 aromatic heterocycles. The third kappa shape index (κ3) is 3.56. The lowest BCUT2D eigenvalue weighted by Gasteiger charge is -2.07. The molecule has 0 spiro atoms. The minimum atomic E-state index is -0.386. The number of halogens is 1. The lowest BCUT2D eigenvalue weighted by Crippen LogP contribution is -2.15. The van der Waals surface area contributed by atoms with E-state index in [1.54, 1.807) is 48.7 Å². The Balaban J connectivity index is 1.84. The maximum atomic E-state index is 12.7. The van der Waals surface area contributed by atoms with Gasteiger partial charge in [-0.25, -0.2) is 9.78 Å². The molecule has 0 aliphatic carbocycles. The van der Waals surface area contributed by atoms with E-state index >= 15 is 0 Å². The van der Waals surface area contributed by atoms with Gasteiger partial charge in [0.05, 0.1) is 17.9 Å². The number of pyridine rings is 1. The zero-order chi connectivity index (χ0) is 18.0. The molecule has 0 unspecified atom stereocenters. The number of ether oxygens (including phenoxy) is 1. The average molecular weight is 402 g/mol. The normalized spacial score (nSPS) is 10.7. The predicted octanol–water partition coefficient (Wildman–Crippen LogP) is 3.83. The van der Waals surface area contributed by atoms with Crippen LogP contribution in [0.15, 0.2) is 47.1 Å². The van der Waals surface area contributed by atoms with Gasteiger partial charge in [-0.2, -0.15) is 0 Å². The Hall–Kier alpha value is -2.67. The van der Waals surface area contributed by atoms with Crippen molar-refractivity contribution in [2.75, 3.05) is 11.9 Å². The highest BCUT2D eigenvalue weighted by molar-refractivity contribution is 9.10. The van der Waals surface area contributed by atoms with Crippen molar-refractivity contribution < 1.29 is 14.3 Å². The first-order valence-corrected chi connectivity index (χ1v) is 8.51. The third-order valence-electron chi connectivity index (χ3n) is 3.63. The average Bonchev–Trinajstić information content (AvgIpc) is 2.90. The van der Waals surface area contributed by atoms with E-state index in [0.717, 1.165) is 4.47 Å². The first-order valence-electron chi connectivity index (χ1n) is 7.72. The molecule has 0 aliphatic heterocycles. The molecule has 1 amide bonds. The summed E-state index contributed by atoms with van der Waals surface area (Å²) in [5.74, 6) is -0.658. The van der Waals surface area contributed by atoms with Gasteiger partial charge in [-0.15, -0.1) is 0 Å². The second-order valence-corrected chi connectivity index (χ2v) is 6.29. The number of hydrogen-bond acceptors (Lipinski definition) is 4. The number of esters is 1. The summed E-state index contributed by atoms with van der Waals surface area (Å²) in [6.07, 6.45) is 1.80. The summed E-state index contributed by atoms with van der Waals surface area (Å²) in [5.41, 5.74) is 2.82. The molecule has 128 valence electrons. The molecular formula is C18H16BrN3O3. The summed E-state index contributed by atoms with van der Waals surface area (Å²) in [4.78, 5) is 28.7. The van der Waals surface area contributed by atoms with Crippen molar-refractivity contribution >= 4 is 39.1 Å². The first kappa shape index (κ1) is 17.2. The van der Waals surface area contributed by atoms with Gasteiger partial charge in [-0.1, -0.05) is 0 Å². The Labute approximate surface area is 153 Å². The number of imidazole rings is 1. The van der Waals surface area contributed by atoms with E-state index in [0.29, 0.717) is 34.9 Å². The molecule has 0 atom stereocenters. The topological polar surface area (TPSA) is 72.7 Å². The standard InChI is InChI=1S/C18H16BrN3O3/c1-3-25-18(24)12-4-7-14(8-5-12)21-17(23)16-11(2)20-15-9-6-13(19)10-22(15)16/h4-10H,3H2,1-2H3,(H,21,23). The number of rotatable bonds is 4. The van der Waals surface area contributed by atoms with Crippen molar-refractivity contribution in [2.45, 2.75) is 13.8 Å². The number of amides is 1. The van der Waals surface area contributed by atoms with E-state index in [9.17, 15) is 9.59 Å². The van der Waals surface area contributed by atoms with Crippen LogP contribution in [0.25, 0.3) is 5.65 Å². The Morgan fingerprint density at radius 2 is 1.92 bits per heavy atom. The number of aryl methyl sites for hydroxylation is 1. The minimum Gasteiger partial charge on any atom is -0.462 e. The summed E-state index contributed by atoms with van der Waals surface area (Å²) < 4.78 is 7.53. The van der Waals surface area contributed by atoms with Gasteiger partial charge < -0.3 is 10.1 Å². The largest absolute Gasteiger partial charge is 0.462 e. The lowest BCUT2D eigenvalue weighted by molar-refractivity contribution is 0.0526. The molecule has 0 bridgehead atoms. The van der Waals surface area contributed by atoms with Crippen LogP contribution in [0.4, 0.5) is 5.69 Å². The highest BCUT2D eigenvalue weighted by atomic mass is 79.9. The fourth-order valence-corrected chi connectivity index (χ4v) is 2.84.